The lowest BCUT2D eigenvalue weighted by atomic mass is 9.45. The zero-order valence-electron chi connectivity index (χ0n) is 21.2. The van der Waals surface area contributed by atoms with Crippen molar-refractivity contribution in [1.82, 2.24) is 0 Å². The van der Waals surface area contributed by atoms with Gasteiger partial charge in [-0.25, -0.2) is 8.78 Å². The normalized spacial score (nSPS) is 39.7. The van der Waals surface area contributed by atoms with Gasteiger partial charge in [-0.1, -0.05) is 13.0 Å². The molecule has 8 atom stereocenters. The molecule has 11 heteroatoms. The van der Waals surface area contributed by atoms with E-state index in [4.69, 9.17) is 14.0 Å². The Morgan fingerprint density at radius 2 is 1.92 bits per heavy atom. The van der Waals surface area contributed by atoms with Crippen LogP contribution < -0.4 is 0 Å². The third-order valence-corrected chi connectivity index (χ3v) is 10.8. The lowest BCUT2D eigenvalue weighted by molar-refractivity contribution is -0.148. The number of rotatable bonds is 8. The van der Waals surface area contributed by atoms with Gasteiger partial charge in [-0.15, -0.1) is 0 Å². The van der Waals surface area contributed by atoms with E-state index in [9.17, 15) is 22.8 Å². The molecule has 0 radical (unpaired) electrons. The molecule has 0 heterocycles. The summed E-state index contributed by atoms with van der Waals surface area (Å²) < 4.78 is 66.6. The maximum absolute atomic E-state index is 16.9. The van der Waals surface area contributed by atoms with E-state index < -0.39 is 75.0 Å². The number of esters is 1. The van der Waals surface area contributed by atoms with E-state index in [-0.39, 0.29) is 36.5 Å². The third-order valence-electron chi connectivity index (χ3n) is 9.42. The summed E-state index contributed by atoms with van der Waals surface area (Å²) in [6.07, 6.45) is 3.45. The van der Waals surface area contributed by atoms with Crippen molar-refractivity contribution >= 4 is 27.7 Å². The standard InChI is InChI=1S/C26H34F2O8S/c1-15(36-23(32)7-11-29)37(33,34)35-14-22(31)18-5-4-17-19-13-21(27)20-12-16(30)6-8-25(20,3)26(19,28)10-9-24(17,18)2/h6,8,12,15,17-19,21,29H,4-5,7,9-11,13-14H2,1-3H3/t15?,17-,18+,19-,21-,24-,25-,26+/m0/s1. The summed E-state index contributed by atoms with van der Waals surface area (Å²) >= 11 is 0. The summed E-state index contributed by atoms with van der Waals surface area (Å²) in [5.74, 6) is -3.25. The molecule has 4 aliphatic rings. The predicted octanol–water partition coefficient (Wildman–Crippen LogP) is 3.14. The summed E-state index contributed by atoms with van der Waals surface area (Å²) in [7, 11) is -4.41. The van der Waals surface area contributed by atoms with E-state index in [1.807, 2.05) is 6.92 Å². The maximum Gasteiger partial charge on any atom is 0.309 e. The van der Waals surface area contributed by atoms with Crippen LogP contribution in [0.4, 0.5) is 8.78 Å². The quantitative estimate of drug-likeness (QED) is 0.365. The summed E-state index contributed by atoms with van der Waals surface area (Å²) in [5, 5.41) is 8.76. The molecule has 3 saturated carbocycles. The van der Waals surface area contributed by atoms with E-state index in [1.165, 1.54) is 18.2 Å². The first-order chi connectivity index (χ1) is 17.2. The fourth-order valence-electron chi connectivity index (χ4n) is 7.34. The van der Waals surface area contributed by atoms with Crippen LogP contribution in [0.25, 0.3) is 0 Å². The number of ether oxygens (including phenoxy) is 1. The molecule has 1 N–H and O–H groups in total. The van der Waals surface area contributed by atoms with Crippen molar-refractivity contribution < 1.29 is 45.6 Å². The molecule has 37 heavy (non-hydrogen) atoms. The predicted molar refractivity (Wildman–Crippen MR) is 128 cm³/mol. The van der Waals surface area contributed by atoms with Crippen molar-refractivity contribution in [3.63, 3.8) is 0 Å². The van der Waals surface area contributed by atoms with Crippen LogP contribution in [0, 0.1) is 28.6 Å². The molecule has 0 aromatic rings. The molecule has 8 nitrogen and oxygen atoms in total. The van der Waals surface area contributed by atoms with E-state index >= 15 is 8.78 Å². The summed E-state index contributed by atoms with van der Waals surface area (Å²) in [6.45, 7) is 3.39. The largest absolute Gasteiger partial charge is 0.444 e. The number of fused-ring (bicyclic) bond motifs is 5. The highest BCUT2D eigenvalue weighted by Gasteiger charge is 2.68. The molecule has 3 fully saturated rings. The van der Waals surface area contributed by atoms with E-state index in [0.717, 1.165) is 6.92 Å². The monoisotopic (exact) mass is 544 g/mol. The Morgan fingerprint density at radius 1 is 1.22 bits per heavy atom. The second-order valence-electron chi connectivity index (χ2n) is 11.2. The minimum atomic E-state index is -4.41. The molecule has 0 aromatic carbocycles. The molecule has 0 spiro atoms. The number of hydrogen-bond acceptors (Lipinski definition) is 8. The number of hydrogen-bond donors (Lipinski definition) is 1. The van der Waals surface area contributed by atoms with Gasteiger partial charge in [0.25, 0.3) is 0 Å². The smallest absolute Gasteiger partial charge is 0.309 e. The Balaban J connectivity index is 1.49. The van der Waals surface area contributed by atoms with E-state index in [0.29, 0.717) is 19.3 Å². The number of Topliss-reactive ketones (excluding diaryl/α,β-unsaturated/α-hetero) is 1. The molecule has 0 bridgehead atoms. The van der Waals surface area contributed by atoms with Gasteiger partial charge in [-0.3, -0.25) is 18.6 Å². The minimum Gasteiger partial charge on any atom is -0.444 e. The molecular formula is C26H34F2O8S. The lowest BCUT2D eigenvalue weighted by Crippen LogP contribution is -2.62. The van der Waals surface area contributed by atoms with Gasteiger partial charge in [0.1, 0.15) is 18.4 Å². The van der Waals surface area contributed by atoms with Crippen LogP contribution in [0.5, 0.6) is 0 Å². The van der Waals surface area contributed by atoms with Gasteiger partial charge in [0.15, 0.2) is 11.6 Å². The van der Waals surface area contributed by atoms with Crippen molar-refractivity contribution in [3.8, 4) is 0 Å². The number of carbonyl (C=O) groups is 3. The van der Waals surface area contributed by atoms with Crippen LogP contribution in [0.1, 0.15) is 59.3 Å². The second-order valence-corrected chi connectivity index (χ2v) is 13.1. The highest BCUT2D eigenvalue weighted by atomic mass is 32.2. The third kappa shape index (κ3) is 4.50. The number of alkyl halides is 2. The zero-order chi connectivity index (χ0) is 27.4. The fourth-order valence-corrected chi connectivity index (χ4v) is 8.03. The summed E-state index contributed by atoms with van der Waals surface area (Å²) in [6, 6.07) is 0. The summed E-state index contributed by atoms with van der Waals surface area (Å²) in [4.78, 5) is 36.6. The van der Waals surface area contributed by atoms with Gasteiger partial charge < -0.3 is 9.84 Å². The molecule has 206 valence electrons. The molecule has 0 aromatic heterocycles. The molecule has 0 aliphatic heterocycles. The van der Waals surface area contributed by atoms with Gasteiger partial charge in [0, 0.05) is 17.3 Å². The van der Waals surface area contributed by atoms with Gasteiger partial charge in [0.2, 0.25) is 5.44 Å². The number of aliphatic hydroxyl groups is 1. The number of allylic oxidation sites excluding steroid dienone is 4. The second kappa shape index (κ2) is 9.64. The average Bonchev–Trinajstić information content (AvgIpc) is 3.18. The first-order valence-corrected chi connectivity index (χ1v) is 14.2. The Labute approximate surface area is 215 Å². The van der Waals surface area contributed by atoms with Crippen LogP contribution in [0.3, 0.4) is 0 Å². The fraction of sp³-hybridized carbons (Fsp3) is 0.731. The molecular weight excluding hydrogens is 510 g/mol. The Hall–Kier alpha value is -1.98. The number of carbonyl (C=O) groups excluding carboxylic acids is 3. The molecule has 4 rings (SSSR count). The number of halogens is 2. The average molecular weight is 545 g/mol. The maximum atomic E-state index is 16.9. The van der Waals surface area contributed by atoms with Crippen molar-refractivity contribution in [2.24, 2.45) is 28.6 Å². The van der Waals surface area contributed by atoms with Crippen molar-refractivity contribution in [3.05, 3.63) is 23.8 Å². The number of ketones is 2. The van der Waals surface area contributed by atoms with Gasteiger partial charge in [-0.05, 0) is 75.0 Å². The van der Waals surface area contributed by atoms with Gasteiger partial charge in [0.05, 0.1) is 13.0 Å². The molecule has 0 saturated heterocycles. The van der Waals surface area contributed by atoms with Crippen molar-refractivity contribution in [2.75, 3.05) is 13.2 Å². The Bertz CT molecular complexity index is 1150. The van der Waals surface area contributed by atoms with Crippen molar-refractivity contribution in [1.29, 1.82) is 0 Å². The van der Waals surface area contributed by atoms with E-state index in [1.54, 1.807) is 6.92 Å². The molecule has 0 amide bonds. The zero-order valence-corrected chi connectivity index (χ0v) is 22.1. The molecule has 4 aliphatic carbocycles. The summed E-state index contributed by atoms with van der Waals surface area (Å²) in [5.41, 5.74) is -5.15. The highest BCUT2D eigenvalue weighted by Crippen LogP contribution is 2.69. The van der Waals surface area contributed by atoms with Crippen molar-refractivity contribution in [2.45, 2.75) is 76.6 Å². The SMILES string of the molecule is CC(OC(=O)CCO)S(=O)(=O)OCC(=O)[C@H]1CC[C@H]2[C@@H]3C[C@H](F)C4=CC(=O)C=C[C@]4(C)[C@@]3(F)CC[C@]12C. The molecule has 1 unspecified atom stereocenters. The van der Waals surface area contributed by atoms with Gasteiger partial charge >= 0.3 is 16.1 Å². The van der Waals surface area contributed by atoms with Crippen LogP contribution in [-0.2, 0) is 33.4 Å². The first kappa shape index (κ1) is 28.0. The Kier molecular flexibility index (Phi) is 7.31. The van der Waals surface area contributed by atoms with Crippen LogP contribution in [-0.4, -0.2) is 61.6 Å². The van der Waals surface area contributed by atoms with Crippen LogP contribution in [0.15, 0.2) is 23.8 Å². The minimum absolute atomic E-state index is 0.0676. The van der Waals surface area contributed by atoms with Crippen LogP contribution in [0.2, 0.25) is 0 Å². The Morgan fingerprint density at radius 3 is 2.59 bits per heavy atom. The highest BCUT2D eigenvalue weighted by molar-refractivity contribution is 7.87. The lowest BCUT2D eigenvalue weighted by Gasteiger charge is -2.60. The topological polar surface area (TPSA) is 124 Å². The van der Waals surface area contributed by atoms with Gasteiger partial charge in [-0.2, -0.15) is 8.42 Å². The van der Waals surface area contributed by atoms with E-state index in [2.05, 4.69) is 0 Å². The van der Waals surface area contributed by atoms with Crippen LogP contribution >= 0.6 is 0 Å². The number of aliphatic hydroxyl groups excluding tert-OH is 1. The first-order valence-electron chi connectivity index (χ1n) is 12.7.